The van der Waals surface area contributed by atoms with Gasteiger partial charge in [0.25, 0.3) is 0 Å². The molecule has 0 amide bonds. The van der Waals surface area contributed by atoms with Crippen LogP contribution in [0.5, 0.6) is 6.01 Å². The van der Waals surface area contributed by atoms with Crippen molar-refractivity contribution in [2.75, 3.05) is 45.2 Å². The standard InChI is InChI=1S/C30H25N7O/c1-35-12-14-36(15-13-35)28-10-8-24(17-23(28)18-31)37-29-25-16-21(5-6-22-4-3-11-32-19-22)7-9-26(25)33-20-27(29)34-30(37)38-2/h3-4,7-11,16-17,19-20H,12-15H2,1-2H3. The summed E-state index contributed by atoms with van der Waals surface area (Å²) in [5, 5.41) is 11.0. The van der Waals surface area contributed by atoms with Crippen molar-refractivity contribution < 1.29 is 4.74 Å². The second-order valence-corrected chi connectivity index (χ2v) is 9.25. The van der Waals surface area contributed by atoms with E-state index in [1.165, 1.54) is 0 Å². The molecule has 1 aliphatic heterocycles. The lowest BCUT2D eigenvalue weighted by atomic mass is 10.1. The number of methoxy groups -OCH3 is 1. The fourth-order valence-electron chi connectivity index (χ4n) is 4.84. The Kier molecular flexibility index (Phi) is 6.09. The van der Waals surface area contributed by atoms with Gasteiger partial charge in [0.1, 0.15) is 11.6 Å². The van der Waals surface area contributed by atoms with Crippen LogP contribution >= 0.6 is 0 Å². The van der Waals surface area contributed by atoms with E-state index >= 15 is 0 Å². The molecule has 6 rings (SSSR count). The number of imidazole rings is 1. The van der Waals surface area contributed by atoms with Crippen molar-refractivity contribution in [2.24, 2.45) is 0 Å². The minimum atomic E-state index is 0.428. The highest BCUT2D eigenvalue weighted by atomic mass is 16.5. The van der Waals surface area contributed by atoms with Gasteiger partial charge in [-0.05, 0) is 55.6 Å². The predicted octanol–water partition coefficient (Wildman–Crippen LogP) is 4.00. The molecule has 8 heteroatoms. The van der Waals surface area contributed by atoms with E-state index in [0.717, 1.165) is 65.1 Å². The Morgan fingerprint density at radius 2 is 1.76 bits per heavy atom. The molecule has 1 aliphatic rings. The number of nitrogens with zero attached hydrogens (tertiary/aromatic N) is 7. The first-order valence-corrected chi connectivity index (χ1v) is 12.4. The molecular formula is C30H25N7O. The van der Waals surface area contributed by atoms with Crippen LogP contribution in [0.3, 0.4) is 0 Å². The van der Waals surface area contributed by atoms with Crippen molar-refractivity contribution in [1.29, 1.82) is 5.26 Å². The van der Waals surface area contributed by atoms with Crippen LogP contribution in [0, 0.1) is 23.2 Å². The average Bonchev–Trinajstić information content (AvgIpc) is 3.36. The van der Waals surface area contributed by atoms with Gasteiger partial charge in [-0.1, -0.05) is 11.8 Å². The molecule has 2 aromatic carbocycles. The molecule has 8 nitrogen and oxygen atoms in total. The molecule has 0 spiro atoms. The predicted molar refractivity (Wildman–Crippen MR) is 148 cm³/mol. The number of aromatic nitrogens is 4. The molecule has 0 radical (unpaired) electrons. The largest absolute Gasteiger partial charge is 0.468 e. The molecule has 0 saturated carbocycles. The smallest absolute Gasteiger partial charge is 0.301 e. The molecule has 0 atom stereocenters. The Labute approximate surface area is 220 Å². The van der Waals surface area contributed by atoms with Gasteiger partial charge in [-0.25, -0.2) is 0 Å². The summed E-state index contributed by atoms with van der Waals surface area (Å²) in [5.41, 5.74) is 6.46. The van der Waals surface area contributed by atoms with Gasteiger partial charge in [-0.2, -0.15) is 10.2 Å². The maximum atomic E-state index is 10.1. The lowest BCUT2D eigenvalue weighted by Gasteiger charge is -2.34. The normalized spacial score (nSPS) is 13.8. The summed E-state index contributed by atoms with van der Waals surface area (Å²) in [7, 11) is 3.72. The number of likely N-dealkylation sites (N-methyl/N-ethyl adjacent to an activating group) is 1. The third kappa shape index (κ3) is 4.28. The van der Waals surface area contributed by atoms with E-state index in [2.05, 4.69) is 44.7 Å². The molecule has 0 aliphatic carbocycles. The van der Waals surface area contributed by atoms with Crippen LogP contribution in [-0.2, 0) is 0 Å². The van der Waals surface area contributed by atoms with Crippen LogP contribution in [0.25, 0.3) is 27.6 Å². The van der Waals surface area contributed by atoms with E-state index in [1.807, 2.05) is 53.1 Å². The Morgan fingerprint density at radius 3 is 2.53 bits per heavy atom. The Hall–Kier alpha value is -4.92. The summed E-state index contributed by atoms with van der Waals surface area (Å²) in [5.74, 6) is 6.40. The first-order chi connectivity index (χ1) is 18.6. The average molecular weight is 500 g/mol. The third-order valence-corrected chi connectivity index (χ3v) is 6.85. The number of rotatable bonds is 3. The highest BCUT2D eigenvalue weighted by Gasteiger charge is 2.21. The Balaban J connectivity index is 1.49. The molecule has 1 saturated heterocycles. The summed E-state index contributed by atoms with van der Waals surface area (Å²) >= 11 is 0. The van der Waals surface area contributed by atoms with Crippen LogP contribution in [0.2, 0.25) is 0 Å². The first-order valence-electron chi connectivity index (χ1n) is 12.4. The quantitative estimate of drug-likeness (QED) is 0.347. The van der Waals surface area contributed by atoms with Crippen LogP contribution in [-0.4, -0.2) is 64.8 Å². The molecule has 1 fully saturated rings. The molecule has 3 aromatic heterocycles. The number of hydrogen-bond donors (Lipinski definition) is 0. The van der Waals surface area contributed by atoms with Crippen LogP contribution in [0.1, 0.15) is 16.7 Å². The molecular weight excluding hydrogens is 474 g/mol. The van der Waals surface area contributed by atoms with Gasteiger partial charge >= 0.3 is 6.01 Å². The van der Waals surface area contributed by atoms with Gasteiger partial charge in [0.15, 0.2) is 0 Å². The minimum absolute atomic E-state index is 0.428. The molecule has 0 unspecified atom stereocenters. The number of anilines is 1. The van der Waals surface area contributed by atoms with Crippen LogP contribution in [0.4, 0.5) is 5.69 Å². The summed E-state index contributed by atoms with van der Waals surface area (Å²) in [6.45, 7) is 3.72. The molecule has 4 heterocycles. The highest BCUT2D eigenvalue weighted by Crippen LogP contribution is 2.33. The van der Waals surface area contributed by atoms with E-state index in [0.29, 0.717) is 17.1 Å². The SMILES string of the molecule is COc1nc2cnc3ccc(C#Cc4cccnc4)cc3c2n1-c1ccc(N2CCN(C)CC2)c(C#N)c1. The van der Waals surface area contributed by atoms with E-state index in [-0.39, 0.29) is 0 Å². The van der Waals surface area contributed by atoms with E-state index in [4.69, 9.17) is 9.72 Å². The van der Waals surface area contributed by atoms with E-state index < -0.39 is 0 Å². The summed E-state index contributed by atoms with van der Waals surface area (Å²) < 4.78 is 7.64. The molecule has 186 valence electrons. The summed E-state index contributed by atoms with van der Waals surface area (Å²) in [4.78, 5) is 18.0. The van der Waals surface area contributed by atoms with E-state index in [1.54, 1.807) is 25.7 Å². The van der Waals surface area contributed by atoms with E-state index in [9.17, 15) is 5.26 Å². The Bertz CT molecular complexity index is 1750. The lowest BCUT2D eigenvalue weighted by Crippen LogP contribution is -2.44. The van der Waals surface area contributed by atoms with Gasteiger partial charge in [-0.15, -0.1) is 0 Å². The first kappa shape index (κ1) is 23.5. The molecule has 38 heavy (non-hydrogen) atoms. The van der Waals surface area contributed by atoms with Gasteiger partial charge in [0.2, 0.25) is 0 Å². The minimum Gasteiger partial charge on any atom is -0.468 e. The number of benzene rings is 2. The highest BCUT2D eigenvalue weighted by molar-refractivity contribution is 6.04. The van der Waals surface area contributed by atoms with Gasteiger partial charge < -0.3 is 14.5 Å². The number of ether oxygens (including phenoxy) is 1. The fourth-order valence-corrected chi connectivity index (χ4v) is 4.84. The fraction of sp³-hybridized carbons (Fsp3) is 0.200. The lowest BCUT2D eigenvalue weighted by molar-refractivity contribution is 0.313. The topological polar surface area (TPSA) is 83.1 Å². The van der Waals surface area contributed by atoms with Gasteiger partial charge in [0, 0.05) is 55.1 Å². The second-order valence-electron chi connectivity index (χ2n) is 9.25. The number of pyridine rings is 2. The maximum absolute atomic E-state index is 10.1. The van der Waals surface area contributed by atoms with Crippen molar-refractivity contribution in [2.45, 2.75) is 0 Å². The van der Waals surface area contributed by atoms with Gasteiger partial charge in [-0.3, -0.25) is 14.5 Å². The zero-order valence-electron chi connectivity index (χ0n) is 21.2. The summed E-state index contributed by atoms with van der Waals surface area (Å²) in [6.07, 6.45) is 5.22. The Morgan fingerprint density at radius 1 is 0.921 bits per heavy atom. The molecule has 5 aromatic rings. The van der Waals surface area contributed by atoms with Crippen molar-refractivity contribution in [1.82, 2.24) is 24.4 Å². The summed E-state index contributed by atoms with van der Waals surface area (Å²) in [6, 6.07) is 18.5. The number of hydrogen-bond acceptors (Lipinski definition) is 7. The zero-order chi connectivity index (χ0) is 26.1. The molecule has 0 bridgehead atoms. The zero-order valence-corrected chi connectivity index (χ0v) is 21.2. The monoisotopic (exact) mass is 499 g/mol. The van der Waals surface area contributed by atoms with Crippen molar-refractivity contribution in [3.05, 3.63) is 83.8 Å². The van der Waals surface area contributed by atoms with Crippen LogP contribution < -0.4 is 9.64 Å². The van der Waals surface area contributed by atoms with Crippen LogP contribution in [0.15, 0.2) is 67.1 Å². The number of fused-ring (bicyclic) bond motifs is 3. The maximum Gasteiger partial charge on any atom is 0.301 e. The third-order valence-electron chi connectivity index (χ3n) is 6.85. The van der Waals surface area contributed by atoms with Crippen molar-refractivity contribution in [3.8, 4) is 29.6 Å². The van der Waals surface area contributed by atoms with Crippen molar-refractivity contribution in [3.63, 3.8) is 0 Å². The van der Waals surface area contributed by atoms with Crippen molar-refractivity contribution >= 4 is 27.6 Å². The molecule has 0 N–H and O–H groups in total. The van der Waals surface area contributed by atoms with Gasteiger partial charge in [0.05, 0.1) is 41.3 Å². The number of piperazine rings is 1. The number of nitriles is 1. The second kappa shape index (κ2) is 9.85.